The molecule has 0 radical (unpaired) electrons. The molecular weight excluding hydrogens is 218 g/mol. The zero-order valence-corrected chi connectivity index (χ0v) is 10.1. The molecule has 0 aromatic heterocycles. The maximum Gasteiger partial charge on any atom is 0.292 e. The van der Waals surface area contributed by atoms with Gasteiger partial charge in [0.05, 0.1) is 4.92 Å². The van der Waals surface area contributed by atoms with Crippen LogP contribution in [0.5, 0.6) is 0 Å². The third-order valence-corrected chi connectivity index (χ3v) is 3.16. The lowest BCUT2D eigenvalue weighted by atomic mass is 10.0. The highest BCUT2D eigenvalue weighted by Crippen LogP contribution is 2.29. The maximum absolute atomic E-state index is 11.0. The fraction of sp³-hybridized carbons (Fsp3) is 0.500. The van der Waals surface area contributed by atoms with E-state index < -0.39 is 0 Å². The zero-order chi connectivity index (χ0) is 12.5. The van der Waals surface area contributed by atoms with Gasteiger partial charge in [-0.15, -0.1) is 0 Å². The summed E-state index contributed by atoms with van der Waals surface area (Å²) in [6.07, 6.45) is 0.970. The molecular formula is C12H17N3O2. The predicted octanol–water partition coefficient (Wildman–Crippen LogP) is 2.07. The first-order valence-corrected chi connectivity index (χ1v) is 5.74. The molecule has 1 aliphatic rings. The van der Waals surface area contributed by atoms with Crippen LogP contribution in [0.3, 0.4) is 0 Å². The van der Waals surface area contributed by atoms with Crippen molar-refractivity contribution in [2.45, 2.75) is 25.8 Å². The Labute approximate surface area is 100 Å². The molecule has 1 fully saturated rings. The average Bonchev–Trinajstić information content (AvgIpc) is 2.67. The van der Waals surface area contributed by atoms with Crippen LogP contribution in [0.15, 0.2) is 18.2 Å². The van der Waals surface area contributed by atoms with Crippen molar-refractivity contribution in [1.29, 1.82) is 0 Å². The monoisotopic (exact) mass is 235 g/mol. The standard InChI is InChI=1S/C12H17N3O2/c1-9-3-4-10(11(7-9)15(16)17)14-12(2)5-6-13-8-12/h3-4,7,13-14H,5-6,8H2,1-2H3. The second-order valence-corrected chi connectivity index (χ2v) is 4.89. The van der Waals surface area contributed by atoms with E-state index in [2.05, 4.69) is 17.6 Å². The predicted molar refractivity (Wildman–Crippen MR) is 67.3 cm³/mol. The molecule has 0 saturated carbocycles. The molecule has 1 aromatic rings. The molecule has 1 aromatic carbocycles. The summed E-state index contributed by atoms with van der Waals surface area (Å²) in [5, 5.41) is 17.6. The van der Waals surface area contributed by atoms with Gasteiger partial charge in [-0.2, -0.15) is 0 Å². The second kappa shape index (κ2) is 4.33. The van der Waals surface area contributed by atoms with Gasteiger partial charge in [0, 0.05) is 18.2 Å². The molecule has 1 unspecified atom stereocenters. The number of anilines is 1. The highest BCUT2D eigenvalue weighted by Gasteiger charge is 2.30. The van der Waals surface area contributed by atoms with Crippen molar-refractivity contribution in [2.75, 3.05) is 18.4 Å². The number of rotatable bonds is 3. The SMILES string of the molecule is Cc1ccc(NC2(C)CCNC2)c([N+](=O)[O-])c1. The number of benzene rings is 1. The molecule has 0 aliphatic carbocycles. The summed E-state index contributed by atoms with van der Waals surface area (Å²) in [5.74, 6) is 0. The average molecular weight is 235 g/mol. The largest absolute Gasteiger partial charge is 0.373 e. The summed E-state index contributed by atoms with van der Waals surface area (Å²) in [6.45, 7) is 5.72. The summed E-state index contributed by atoms with van der Waals surface area (Å²) < 4.78 is 0. The summed E-state index contributed by atoms with van der Waals surface area (Å²) in [7, 11) is 0. The summed E-state index contributed by atoms with van der Waals surface area (Å²) in [5.41, 5.74) is 1.56. The van der Waals surface area contributed by atoms with Crippen molar-refractivity contribution < 1.29 is 4.92 Å². The van der Waals surface area contributed by atoms with Crippen LogP contribution in [-0.2, 0) is 0 Å². The molecule has 0 spiro atoms. The van der Waals surface area contributed by atoms with Gasteiger partial charge in [-0.05, 0) is 38.4 Å². The van der Waals surface area contributed by atoms with Crippen LogP contribution in [0.4, 0.5) is 11.4 Å². The Morgan fingerprint density at radius 2 is 2.29 bits per heavy atom. The van der Waals surface area contributed by atoms with Crippen LogP contribution in [0.1, 0.15) is 18.9 Å². The Morgan fingerprint density at radius 1 is 1.53 bits per heavy atom. The lowest BCUT2D eigenvalue weighted by Crippen LogP contribution is -2.37. The summed E-state index contributed by atoms with van der Waals surface area (Å²) in [4.78, 5) is 10.7. The lowest BCUT2D eigenvalue weighted by Gasteiger charge is -2.25. The van der Waals surface area contributed by atoms with Gasteiger partial charge in [0.25, 0.3) is 5.69 Å². The van der Waals surface area contributed by atoms with E-state index in [0.29, 0.717) is 5.69 Å². The minimum absolute atomic E-state index is 0.0972. The first kappa shape index (κ1) is 11.9. The highest BCUT2D eigenvalue weighted by atomic mass is 16.6. The van der Waals surface area contributed by atoms with E-state index in [1.54, 1.807) is 12.1 Å². The number of aryl methyl sites for hydroxylation is 1. The van der Waals surface area contributed by atoms with Crippen molar-refractivity contribution in [2.24, 2.45) is 0 Å². The van der Waals surface area contributed by atoms with E-state index in [0.717, 1.165) is 25.1 Å². The number of nitro groups is 1. The van der Waals surface area contributed by atoms with Crippen LogP contribution in [0, 0.1) is 17.0 Å². The minimum Gasteiger partial charge on any atom is -0.373 e. The Kier molecular flexibility index (Phi) is 3.02. The van der Waals surface area contributed by atoms with E-state index in [-0.39, 0.29) is 16.1 Å². The molecule has 5 nitrogen and oxygen atoms in total. The number of nitro benzene ring substituents is 1. The van der Waals surface area contributed by atoms with Crippen molar-refractivity contribution >= 4 is 11.4 Å². The van der Waals surface area contributed by atoms with Gasteiger partial charge in [-0.3, -0.25) is 10.1 Å². The molecule has 92 valence electrons. The lowest BCUT2D eigenvalue weighted by molar-refractivity contribution is -0.384. The Hall–Kier alpha value is -1.62. The Balaban J connectivity index is 2.28. The van der Waals surface area contributed by atoms with Crippen LogP contribution in [0.2, 0.25) is 0 Å². The first-order chi connectivity index (χ1) is 8.00. The van der Waals surface area contributed by atoms with Gasteiger partial charge in [0.15, 0.2) is 0 Å². The molecule has 1 heterocycles. The molecule has 17 heavy (non-hydrogen) atoms. The van der Waals surface area contributed by atoms with Gasteiger partial charge < -0.3 is 10.6 Å². The fourth-order valence-electron chi connectivity index (χ4n) is 2.15. The van der Waals surface area contributed by atoms with Crippen molar-refractivity contribution in [1.82, 2.24) is 5.32 Å². The zero-order valence-electron chi connectivity index (χ0n) is 10.1. The number of hydrogen-bond donors (Lipinski definition) is 2. The summed E-state index contributed by atoms with van der Waals surface area (Å²) >= 11 is 0. The molecule has 0 bridgehead atoms. The third kappa shape index (κ3) is 2.55. The van der Waals surface area contributed by atoms with E-state index in [9.17, 15) is 10.1 Å². The number of nitrogens with one attached hydrogen (secondary N) is 2. The van der Waals surface area contributed by atoms with E-state index in [1.807, 2.05) is 13.0 Å². The molecule has 0 amide bonds. The smallest absolute Gasteiger partial charge is 0.292 e. The first-order valence-electron chi connectivity index (χ1n) is 5.74. The maximum atomic E-state index is 11.0. The van der Waals surface area contributed by atoms with E-state index in [1.165, 1.54) is 0 Å². The van der Waals surface area contributed by atoms with Gasteiger partial charge in [0.1, 0.15) is 5.69 Å². The molecule has 1 atom stereocenters. The van der Waals surface area contributed by atoms with Crippen LogP contribution in [-0.4, -0.2) is 23.6 Å². The second-order valence-electron chi connectivity index (χ2n) is 4.89. The summed E-state index contributed by atoms with van der Waals surface area (Å²) in [6, 6.07) is 5.28. The van der Waals surface area contributed by atoms with Gasteiger partial charge in [0.2, 0.25) is 0 Å². The van der Waals surface area contributed by atoms with Gasteiger partial charge in [-0.1, -0.05) is 6.07 Å². The van der Waals surface area contributed by atoms with Gasteiger partial charge in [-0.25, -0.2) is 0 Å². The third-order valence-electron chi connectivity index (χ3n) is 3.16. The van der Waals surface area contributed by atoms with Gasteiger partial charge >= 0.3 is 0 Å². The van der Waals surface area contributed by atoms with Crippen LogP contribution >= 0.6 is 0 Å². The number of hydrogen-bond acceptors (Lipinski definition) is 4. The minimum atomic E-state index is -0.332. The quantitative estimate of drug-likeness (QED) is 0.621. The van der Waals surface area contributed by atoms with Crippen molar-refractivity contribution in [3.05, 3.63) is 33.9 Å². The molecule has 5 heteroatoms. The topological polar surface area (TPSA) is 67.2 Å². The Morgan fingerprint density at radius 3 is 2.88 bits per heavy atom. The van der Waals surface area contributed by atoms with Crippen LogP contribution < -0.4 is 10.6 Å². The fourth-order valence-corrected chi connectivity index (χ4v) is 2.15. The van der Waals surface area contributed by atoms with Crippen molar-refractivity contribution in [3.63, 3.8) is 0 Å². The van der Waals surface area contributed by atoms with Crippen LogP contribution in [0.25, 0.3) is 0 Å². The molecule has 1 saturated heterocycles. The van der Waals surface area contributed by atoms with Crippen molar-refractivity contribution in [3.8, 4) is 0 Å². The van der Waals surface area contributed by atoms with E-state index in [4.69, 9.17) is 0 Å². The molecule has 2 N–H and O–H groups in total. The highest BCUT2D eigenvalue weighted by molar-refractivity contribution is 5.63. The Bertz CT molecular complexity index is 439. The van der Waals surface area contributed by atoms with E-state index >= 15 is 0 Å². The normalized spacial score (nSPS) is 23.6. The molecule has 2 rings (SSSR count). The molecule has 1 aliphatic heterocycles. The number of nitrogens with zero attached hydrogens (tertiary/aromatic N) is 1.